The van der Waals surface area contributed by atoms with Crippen molar-refractivity contribution >= 4 is 11.8 Å². The van der Waals surface area contributed by atoms with Crippen molar-refractivity contribution in [2.75, 3.05) is 19.6 Å². The fourth-order valence-electron chi connectivity index (χ4n) is 2.38. The maximum Gasteiger partial charge on any atom is 0.289 e. The van der Waals surface area contributed by atoms with Gasteiger partial charge in [0.15, 0.2) is 0 Å². The average Bonchev–Trinajstić information content (AvgIpc) is 2.98. The third kappa shape index (κ3) is 3.59. The Morgan fingerprint density at radius 3 is 2.70 bits per heavy atom. The van der Waals surface area contributed by atoms with Gasteiger partial charge in [0.05, 0.1) is 6.20 Å². The molecule has 0 aliphatic carbocycles. The molecule has 2 heterocycles. The van der Waals surface area contributed by atoms with Gasteiger partial charge in [-0.1, -0.05) is 19.0 Å². The van der Waals surface area contributed by atoms with Gasteiger partial charge in [-0.2, -0.15) is 0 Å². The molecule has 110 valence electrons. The first-order chi connectivity index (χ1) is 9.58. The Balaban J connectivity index is 1.72. The van der Waals surface area contributed by atoms with Crippen LogP contribution in [0, 0.1) is 11.8 Å². The van der Waals surface area contributed by atoms with Crippen LogP contribution >= 0.6 is 0 Å². The van der Waals surface area contributed by atoms with Crippen LogP contribution in [0.4, 0.5) is 0 Å². The predicted molar refractivity (Wildman–Crippen MR) is 73.0 cm³/mol. The fourth-order valence-corrected chi connectivity index (χ4v) is 2.38. The summed E-state index contributed by atoms with van der Waals surface area (Å²) in [4.78, 5) is 25.5. The molecule has 1 aliphatic heterocycles. The van der Waals surface area contributed by atoms with Gasteiger partial charge in [-0.3, -0.25) is 9.59 Å². The molecule has 1 aromatic heterocycles. The minimum absolute atomic E-state index is 0.0534. The number of piperidine rings is 1. The Morgan fingerprint density at radius 1 is 1.45 bits per heavy atom. The van der Waals surface area contributed by atoms with E-state index in [9.17, 15) is 9.59 Å². The Morgan fingerprint density at radius 2 is 2.15 bits per heavy atom. The molecule has 1 N–H and O–H groups in total. The summed E-state index contributed by atoms with van der Waals surface area (Å²) in [6, 6.07) is 1.54. The minimum atomic E-state index is -0.233. The molecule has 1 aromatic rings. The summed E-state index contributed by atoms with van der Waals surface area (Å²) in [5.41, 5.74) is 0. The molecule has 6 nitrogen and oxygen atoms in total. The molecule has 0 radical (unpaired) electrons. The molecule has 0 atom stereocenters. The van der Waals surface area contributed by atoms with Crippen LogP contribution in [0.3, 0.4) is 0 Å². The lowest BCUT2D eigenvalue weighted by Crippen LogP contribution is -2.43. The molecule has 0 spiro atoms. The number of carbonyl (C=O) groups is 2. The van der Waals surface area contributed by atoms with Crippen LogP contribution in [0.25, 0.3) is 0 Å². The number of carbonyl (C=O) groups excluding carboxylic acids is 2. The van der Waals surface area contributed by atoms with Crippen LogP contribution in [-0.4, -0.2) is 41.5 Å². The molecular formula is C14H21N3O3. The molecular weight excluding hydrogens is 258 g/mol. The van der Waals surface area contributed by atoms with Crippen LogP contribution in [0.5, 0.6) is 0 Å². The average molecular weight is 279 g/mol. The molecule has 0 saturated carbocycles. The molecule has 1 saturated heterocycles. The lowest BCUT2D eigenvalue weighted by molar-refractivity contribution is -0.135. The molecule has 20 heavy (non-hydrogen) atoms. The van der Waals surface area contributed by atoms with Crippen LogP contribution in [0.15, 0.2) is 16.8 Å². The van der Waals surface area contributed by atoms with E-state index in [2.05, 4.69) is 10.5 Å². The van der Waals surface area contributed by atoms with Crippen LogP contribution < -0.4 is 5.32 Å². The maximum atomic E-state index is 11.9. The summed E-state index contributed by atoms with van der Waals surface area (Å²) < 4.78 is 4.80. The highest BCUT2D eigenvalue weighted by molar-refractivity contribution is 5.91. The van der Waals surface area contributed by atoms with E-state index in [-0.39, 0.29) is 23.5 Å². The molecule has 1 fully saturated rings. The summed E-state index contributed by atoms with van der Waals surface area (Å²) in [7, 11) is 0. The van der Waals surface area contributed by atoms with E-state index < -0.39 is 0 Å². The molecule has 2 rings (SSSR count). The van der Waals surface area contributed by atoms with Crippen molar-refractivity contribution in [2.45, 2.75) is 26.7 Å². The number of hydrogen-bond donors (Lipinski definition) is 1. The summed E-state index contributed by atoms with van der Waals surface area (Å²) in [5, 5.41) is 6.35. The highest BCUT2D eigenvalue weighted by atomic mass is 16.5. The smallest absolute Gasteiger partial charge is 0.289 e. The highest BCUT2D eigenvalue weighted by Crippen LogP contribution is 2.18. The Bertz CT molecular complexity index is 448. The van der Waals surface area contributed by atoms with Crippen molar-refractivity contribution in [1.29, 1.82) is 0 Å². The van der Waals surface area contributed by atoms with Crippen molar-refractivity contribution in [2.24, 2.45) is 11.8 Å². The first kappa shape index (κ1) is 14.6. The normalized spacial score (nSPS) is 16.4. The van der Waals surface area contributed by atoms with Gasteiger partial charge in [0.1, 0.15) is 0 Å². The maximum absolute atomic E-state index is 11.9. The Hall–Kier alpha value is -1.85. The van der Waals surface area contributed by atoms with Gasteiger partial charge in [0, 0.05) is 31.6 Å². The van der Waals surface area contributed by atoms with Gasteiger partial charge in [-0.05, 0) is 18.8 Å². The van der Waals surface area contributed by atoms with E-state index in [1.54, 1.807) is 6.07 Å². The molecule has 0 aromatic carbocycles. The monoisotopic (exact) mass is 279 g/mol. The largest absolute Gasteiger partial charge is 0.351 e. The zero-order valence-corrected chi connectivity index (χ0v) is 12.0. The minimum Gasteiger partial charge on any atom is -0.351 e. The summed E-state index contributed by atoms with van der Waals surface area (Å²) in [6.07, 6.45) is 3.30. The number of nitrogens with zero attached hydrogens (tertiary/aromatic N) is 2. The topological polar surface area (TPSA) is 75.4 Å². The van der Waals surface area contributed by atoms with Crippen LogP contribution in [0.2, 0.25) is 0 Å². The number of rotatable bonds is 4. The second kappa shape index (κ2) is 6.54. The second-order valence-electron chi connectivity index (χ2n) is 5.51. The lowest BCUT2D eigenvalue weighted by atomic mass is 9.96. The zero-order chi connectivity index (χ0) is 14.5. The lowest BCUT2D eigenvalue weighted by Gasteiger charge is -2.33. The van der Waals surface area contributed by atoms with Crippen LogP contribution in [0.1, 0.15) is 37.2 Å². The van der Waals surface area contributed by atoms with E-state index in [4.69, 9.17) is 4.52 Å². The summed E-state index contributed by atoms with van der Waals surface area (Å²) >= 11 is 0. The van der Waals surface area contributed by atoms with E-state index in [0.29, 0.717) is 12.5 Å². The predicted octanol–water partition coefficient (Wildman–Crippen LogP) is 1.30. The summed E-state index contributed by atoms with van der Waals surface area (Å²) in [5.74, 6) is 0.686. The van der Waals surface area contributed by atoms with E-state index in [1.807, 2.05) is 18.7 Å². The molecule has 2 amide bonds. The van der Waals surface area contributed by atoms with E-state index in [1.165, 1.54) is 6.20 Å². The number of likely N-dealkylation sites (tertiary alicyclic amines) is 1. The third-order valence-corrected chi connectivity index (χ3v) is 3.63. The number of aromatic nitrogens is 1. The van der Waals surface area contributed by atoms with E-state index in [0.717, 1.165) is 25.9 Å². The molecule has 6 heteroatoms. The van der Waals surface area contributed by atoms with Gasteiger partial charge in [0.2, 0.25) is 11.7 Å². The molecule has 1 aliphatic rings. The van der Waals surface area contributed by atoms with Gasteiger partial charge < -0.3 is 14.7 Å². The van der Waals surface area contributed by atoms with E-state index >= 15 is 0 Å². The number of nitrogens with one attached hydrogen (secondary N) is 1. The Kier molecular flexibility index (Phi) is 4.76. The second-order valence-corrected chi connectivity index (χ2v) is 5.51. The Labute approximate surface area is 118 Å². The summed E-state index contributed by atoms with van der Waals surface area (Å²) in [6.45, 7) is 6.01. The fraction of sp³-hybridized carbons (Fsp3) is 0.643. The first-order valence-corrected chi connectivity index (χ1v) is 7.05. The SMILES string of the molecule is CC(C)C(=O)N1CCC(CNC(=O)c2ccno2)CC1. The standard InChI is InChI=1S/C14H21N3O3/c1-10(2)14(19)17-7-4-11(5-8-17)9-15-13(18)12-3-6-16-20-12/h3,6,10-11H,4-5,7-9H2,1-2H3,(H,15,18). The van der Waals surface area contributed by atoms with Gasteiger partial charge in [-0.15, -0.1) is 0 Å². The van der Waals surface area contributed by atoms with Gasteiger partial charge in [-0.25, -0.2) is 0 Å². The van der Waals surface area contributed by atoms with Gasteiger partial charge in [0.25, 0.3) is 5.91 Å². The number of hydrogen-bond acceptors (Lipinski definition) is 4. The van der Waals surface area contributed by atoms with Crippen LogP contribution in [-0.2, 0) is 4.79 Å². The highest BCUT2D eigenvalue weighted by Gasteiger charge is 2.24. The zero-order valence-electron chi connectivity index (χ0n) is 12.0. The molecule has 0 bridgehead atoms. The van der Waals surface area contributed by atoms with Gasteiger partial charge >= 0.3 is 0 Å². The number of amides is 2. The quantitative estimate of drug-likeness (QED) is 0.901. The van der Waals surface area contributed by atoms with Crippen molar-refractivity contribution in [3.8, 4) is 0 Å². The first-order valence-electron chi connectivity index (χ1n) is 7.05. The van der Waals surface area contributed by atoms with Crippen molar-refractivity contribution in [1.82, 2.24) is 15.4 Å². The third-order valence-electron chi connectivity index (χ3n) is 3.63. The van der Waals surface area contributed by atoms with Crippen molar-refractivity contribution < 1.29 is 14.1 Å². The van der Waals surface area contributed by atoms with Crippen molar-refractivity contribution in [3.63, 3.8) is 0 Å². The van der Waals surface area contributed by atoms with Crippen molar-refractivity contribution in [3.05, 3.63) is 18.0 Å². The molecule has 0 unspecified atom stereocenters.